The fraction of sp³-hybridized carbons (Fsp3) is 0. The SMILES string of the molecule is c1ccc(-c2ccc(-c3nc(-c4ccccc4)nc(-c4cc(-c5cc6c7ccccc7sc6c6ccccc56)cc5oc6ccccc6c45)n3)cc2)cc1. The van der Waals surface area contributed by atoms with Gasteiger partial charge >= 0.3 is 0 Å². The Bertz CT molecular complexity index is 3200. The Morgan fingerprint density at radius 1 is 0.352 bits per heavy atom. The maximum Gasteiger partial charge on any atom is 0.164 e. The van der Waals surface area contributed by atoms with E-state index in [4.69, 9.17) is 19.4 Å². The van der Waals surface area contributed by atoms with Crippen LogP contribution in [0.3, 0.4) is 0 Å². The number of aromatic nitrogens is 3. The van der Waals surface area contributed by atoms with Crippen LogP contribution in [0.1, 0.15) is 0 Å². The summed E-state index contributed by atoms with van der Waals surface area (Å²) in [4.78, 5) is 15.5. The molecule has 252 valence electrons. The van der Waals surface area contributed by atoms with E-state index >= 15 is 0 Å². The number of benzene rings is 8. The van der Waals surface area contributed by atoms with Crippen LogP contribution < -0.4 is 0 Å². The molecule has 8 aromatic carbocycles. The van der Waals surface area contributed by atoms with Crippen molar-refractivity contribution in [3.05, 3.63) is 176 Å². The molecule has 3 heterocycles. The Morgan fingerprint density at radius 2 is 0.907 bits per heavy atom. The van der Waals surface area contributed by atoms with E-state index in [0.717, 1.165) is 60.9 Å². The van der Waals surface area contributed by atoms with Crippen LogP contribution in [0.15, 0.2) is 180 Å². The predicted molar refractivity (Wildman–Crippen MR) is 225 cm³/mol. The first kappa shape index (κ1) is 30.7. The highest BCUT2D eigenvalue weighted by atomic mass is 32.1. The highest BCUT2D eigenvalue weighted by molar-refractivity contribution is 7.26. The molecule has 0 spiro atoms. The minimum atomic E-state index is 0.593. The number of fused-ring (bicyclic) bond motifs is 8. The molecule has 0 radical (unpaired) electrons. The van der Waals surface area contributed by atoms with Crippen molar-refractivity contribution in [2.75, 3.05) is 0 Å². The van der Waals surface area contributed by atoms with Crippen molar-refractivity contribution in [2.24, 2.45) is 0 Å². The van der Waals surface area contributed by atoms with E-state index in [9.17, 15) is 0 Å². The summed E-state index contributed by atoms with van der Waals surface area (Å²) in [7, 11) is 0. The molecule has 0 aliphatic rings. The molecule has 5 heteroatoms. The van der Waals surface area contributed by atoms with Crippen LogP contribution in [0.4, 0.5) is 0 Å². The second-order valence-corrected chi connectivity index (χ2v) is 14.6. The van der Waals surface area contributed by atoms with Gasteiger partial charge in [0, 0.05) is 53.0 Å². The number of rotatable bonds is 5. The zero-order valence-electron chi connectivity index (χ0n) is 28.9. The highest BCUT2D eigenvalue weighted by Gasteiger charge is 2.21. The van der Waals surface area contributed by atoms with Crippen LogP contribution >= 0.6 is 11.3 Å². The summed E-state index contributed by atoms with van der Waals surface area (Å²) >= 11 is 1.85. The molecular weight excluding hydrogens is 679 g/mol. The van der Waals surface area contributed by atoms with Gasteiger partial charge in [0.05, 0.1) is 0 Å². The maximum absolute atomic E-state index is 6.65. The van der Waals surface area contributed by atoms with E-state index in [1.165, 1.54) is 30.9 Å². The van der Waals surface area contributed by atoms with E-state index < -0.39 is 0 Å². The molecule has 11 aromatic rings. The Kier molecular flexibility index (Phi) is 7.00. The predicted octanol–water partition coefficient (Wildman–Crippen LogP) is 13.6. The third kappa shape index (κ3) is 5.01. The first-order valence-electron chi connectivity index (χ1n) is 18.0. The molecule has 0 N–H and O–H groups in total. The van der Waals surface area contributed by atoms with Crippen LogP contribution in [0.2, 0.25) is 0 Å². The lowest BCUT2D eigenvalue weighted by Gasteiger charge is -2.13. The summed E-state index contributed by atoms with van der Waals surface area (Å²) in [5.41, 5.74) is 8.83. The van der Waals surface area contributed by atoms with Crippen LogP contribution in [0, 0.1) is 0 Å². The summed E-state index contributed by atoms with van der Waals surface area (Å²) < 4.78 is 9.23. The van der Waals surface area contributed by atoms with E-state index in [1.807, 2.05) is 59.9 Å². The van der Waals surface area contributed by atoms with E-state index in [0.29, 0.717) is 17.5 Å². The zero-order chi connectivity index (χ0) is 35.6. The fourth-order valence-corrected chi connectivity index (χ4v) is 8.98. The molecule has 0 bridgehead atoms. The van der Waals surface area contributed by atoms with Gasteiger partial charge in [-0.25, -0.2) is 15.0 Å². The van der Waals surface area contributed by atoms with Crippen molar-refractivity contribution in [3.8, 4) is 56.4 Å². The molecule has 0 aliphatic heterocycles. The molecule has 4 nitrogen and oxygen atoms in total. The van der Waals surface area contributed by atoms with E-state index in [2.05, 4.69) is 127 Å². The minimum absolute atomic E-state index is 0.593. The minimum Gasteiger partial charge on any atom is -0.456 e. The van der Waals surface area contributed by atoms with Gasteiger partial charge in [0.1, 0.15) is 11.2 Å². The quantitative estimate of drug-likeness (QED) is 0.179. The van der Waals surface area contributed by atoms with Crippen molar-refractivity contribution in [2.45, 2.75) is 0 Å². The summed E-state index contributed by atoms with van der Waals surface area (Å²) in [6.45, 7) is 0. The van der Waals surface area contributed by atoms with Gasteiger partial charge < -0.3 is 4.42 Å². The van der Waals surface area contributed by atoms with Crippen molar-refractivity contribution >= 4 is 64.2 Å². The Hall–Kier alpha value is -6.95. The molecule has 11 rings (SSSR count). The number of nitrogens with zero attached hydrogens (tertiary/aromatic N) is 3. The lowest BCUT2D eigenvalue weighted by atomic mass is 9.93. The second kappa shape index (κ2) is 12.3. The van der Waals surface area contributed by atoms with Gasteiger partial charge in [0.15, 0.2) is 17.5 Å². The van der Waals surface area contributed by atoms with Gasteiger partial charge in [-0.05, 0) is 58.0 Å². The molecule has 0 fully saturated rings. The highest BCUT2D eigenvalue weighted by Crippen LogP contribution is 2.45. The monoisotopic (exact) mass is 707 g/mol. The van der Waals surface area contributed by atoms with Crippen molar-refractivity contribution in [1.29, 1.82) is 0 Å². The van der Waals surface area contributed by atoms with Crippen molar-refractivity contribution in [3.63, 3.8) is 0 Å². The van der Waals surface area contributed by atoms with Gasteiger partial charge in [-0.3, -0.25) is 0 Å². The zero-order valence-corrected chi connectivity index (χ0v) is 29.7. The van der Waals surface area contributed by atoms with Gasteiger partial charge in [0.2, 0.25) is 0 Å². The smallest absolute Gasteiger partial charge is 0.164 e. The van der Waals surface area contributed by atoms with Gasteiger partial charge in [0.25, 0.3) is 0 Å². The van der Waals surface area contributed by atoms with Crippen molar-refractivity contribution in [1.82, 2.24) is 15.0 Å². The Balaban J connectivity index is 1.18. The molecule has 3 aromatic heterocycles. The standard InChI is InChI=1S/C49H29N3OS/c1-3-13-30(14-4-1)31-23-25-33(26-24-31)48-50-47(32-15-5-2-6-16-32)51-49(52-48)41-27-34(28-43-45(41)38-20-9-11-21-42(38)53-43)39-29-40-36-18-10-12-22-44(36)54-46(40)37-19-8-7-17-35(37)39/h1-29H. The number of furan rings is 1. The van der Waals surface area contributed by atoms with E-state index in [-0.39, 0.29) is 0 Å². The third-order valence-corrected chi connectivity index (χ3v) is 11.6. The fourth-order valence-electron chi connectivity index (χ4n) is 7.76. The maximum atomic E-state index is 6.65. The molecule has 54 heavy (non-hydrogen) atoms. The Labute approximate surface area is 314 Å². The number of thiophene rings is 1. The number of para-hydroxylation sites is 1. The first-order chi connectivity index (χ1) is 26.7. The normalized spacial score (nSPS) is 11.7. The summed E-state index contributed by atoms with van der Waals surface area (Å²) in [6.07, 6.45) is 0. The third-order valence-electron chi connectivity index (χ3n) is 10.3. The van der Waals surface area contributed by atoms with Crippen LogP contribution in [0.25, 0.3) is 109 Å². The summed E-state index contributed by atoms with van der Waals surface area (Å²) in [5.74, 6) is 1.82. The number of hydrogen-bond acceptors (Lipinski definition) is 5. The largest absolute Gasteiger partial charge is 0.456 e. The summed E-state index contributed by atoms with van der Waals surface area (Å²) in [5, 5.41) is 6.96. The average Bonchev–Trinajstić information content (AvgIpc) is 3.82. The molecule has 0 aliphatic carbocycles. The second-order valence-electron chi connectivity index (χ2n) is 13.6. The van der Waals surface area contributed by atoms with E-state index in [1.54, 1.807) is 0 Å². The molecule has 0 amide bonds. The molecule has 0 saturated carbocycles. The van der Waals surface area contributed by atoms with Gasteiger partial charge in [-0.2, -0.15) is 0 Å². The van der Waals surface area contributed by atoms with Gasteiger partial charge in [-0.1, -0.05) is 146 Å². The topological polar surface area (TPSA) is 51.8 Å². The Morgan fingerprint density at radius 3 is 1.67 bits per heavy atom. The van der Waals surface area contributed by atoms with Crippen molar-refractivity contribution < 1.29 is 4.42 Å². The lowest BCUT2D eigenvalue weighted by Crippen LogP contribution is -2.00. The van der Waals surface area contributed by atoms with Crippen LogP contribution in [-0.2, 0) is 0 Å². The molecule has 0 saturated heterocycles. The molecular formula is C49H29N3OS. The van der Waals surface area contributed by atoms with Gasteiger partial charge in [-0.15, -0.1) is 11.3 Å². The first-order valence-corrected chi connectivity index (χ1v) is 18.8. The average molecular weight is 708 g/mol. The molecule has 0 unspecified atom stereocenters. The number of hydrogen-bond donors (Lipinski definition) is 0. The molecule has 0 atom stereocenters. The lowest BCUT2D eigenvalue weighted by molar-refractivity contribution is 0.669. The summed E-state index contributed by atoms with van der Waals surface area (Å²) in [6, 6.07) is 61.4. The van der Waals surface area contributed by atoms with Crippen LogP contribution in [0.5, 0.6) is 0 Å². The van der Waals surface area contributed by atoms with Crippen LogP contribution in [-0.4, -0.2) is 15.0 Å².